The van der Waals surface area contributed by atoms with Crippen LogP contribution in [0.25, 0.3) is 5.57 Å². The number of cyclic esters (lactones) is 1. The highest BCUT2D eigenvalue weighted by atomic mass is 16.7. The average molecular weight is 698 g/mol. The van der Waals surface area contributed by atoms with Gasteiger partial charge >= 0.3 is 23.8 Å². The topological polar surface area (TPSA) is 157 Å². The van der Waals surface area contributed by atoms with Gasteiger partial charge in [-0.2, -0.15) is 0 Å². The summed E-state index contributed by atoms with van der Waals surface area (Å²) in [7, 11) is 5.93. The van der Waals surface area contributed by atoms with Crippen molar-refractivity contribution in [1.82, 2.24) is 5.32 Å². The Hall–Kier alpha value is -6.37. The lowest BCUT2D eigenvalue weighted by Crippen LogP contribution is -2.46. The van der Waals surface area contributed by atoms with E-state index in [9.17, 15) is 19.5 Å². The fourth-order valence-corrected chi connectivity index (χ4v) is 6.06. The molecule has 0 spiro atoms. The molecule has 2 aliphatic rings. The lowest BCUT2D eigenvalue weighted by Gasteiger charge is -2.32. The lowest BCUT2D eigenvalue weighted by molar-refractivity contribution is -0.185. The normalized spacial score (nSPS) is 16.6. The van der Waals surface area contributed by atoms with Crippen LogP contribution in [0.5, 0.6) is 34.5 Å². The van der Waals surface area contributed by atoms with Gasteiger partial charge in [0.1, 0.15) is 11.8 Å². The number of ether oxygens (including phenoxy) is 8. The number of nitrogens with one attached hydrogen (secondary N) is 1. The molecule has 0 saturated carbocycles. The maximum Gasteiger partial charge on any atom is 0.411 e. The summed E-state index contributed by atoms with van der Waals surface area (Å²) in [5.41, 5.74) is 2.21. The van der Waals surface area contributed by atoms with Gasteiger partial charge in [-0.25, -0.2) is 14.4 Å². The van der Waals surface area contributed by atoms with Crippen LogP contribution in [0.1, 0.15) is 22.3 Å². The number of amides is 1. The van der Waals surface area contributed by atoms with Crippen molar-refractivity contribution in [2.75, 3.05) is 35.2 Å². The number of carboxylic acids is 1. The summed E-state index contributed by atoms with van der Waals surface area (Å²) >= 11 is 0. The Morgan fingerprint density at radius 3 is 2.14 bits per heavy atom. The molecule has 0 fully saturated rings. The Morgan fingerprint density at radius 1 is 0.824 bits per heavy atom. The molecule has 2 atom stereocenters. The minimum atomic E-state index is -2.19. The molecule has 4 aromatic rings. The molecule has 2 unspecified atom stereocenters. The van der Waals surface area contributed by atoms with Gasteiger partial charge in [0.2, 0.25) is 12.5 Å². The summed E-state index contributed by atoms with van der Waals surface area (Å²) in [6, 6.07) is 22.3. The molecule has 264 valence electrons. The number of alkyl carbamates (subject to hydrolysis) is 1. The van der Waals surface area contributed by atoms with Crippen molar-refractivity contribution in [3.8, 4) is 34.5 Å². The first-order chi connectivity index (χ1) is 24.7. The predicted octanol–water partition coefficient (Wildman–Crippen LogP) is 5.28. The maximum absolute atomic E-state index is 14.1. The van der Waals surface area contributed by atoms with Crippen LogP contribution >= 0.6 is 0 Å². The number of carboxylic acid groups (broad SMARTS) is 1. The van der Waals surface area contributed by atoms with Crippen LogP contribution in [-0.2, 0) is 37.7 Å². The molecule has 0 radical (unpaired) electrons. The summed E-state index contributed by atoms with van der Waals surface area (Å²) in [5.74, 6) is -1.84. The summed E-state index contributed by atoms with van der Waals surface area (Å²) in [4.78, 5) is 40.3. The monoisotopic (exact) mass is 697 g/mol. The Labute approximate surface area is 293 Å². The van der Waals surface area contributed by atoms with Crippen molar-refractivity contribution in [3.63, 3.8) is 0 Å². The van der Waals surface area contributed by atoms with E-state index in [-0.39, 0.29) is 36.3 Å². The number of methoxy groups -OCH3 is 4. The molecule has 2 N–H and O–H groups in total. The molecule has 0 bridgehead atoms. The summed E-state index contributed by atoms with van der Waals surface area (Å²) < 4.78 is 45.4. The quantitative estimate of drug-likeness (QED) is 0.175. The average Bonchev–Trinajstić information content (AvgIpc) is 3.72. The number of carbonyl (C=O) groups is 3. The third kappa shape index (κ3) is 6.91. The van der Waals surface area contributed by atoms with E-state index in [1.54, 1.807) is 84.9 Å². The van der Waals surface area contributed by atoms with Gasteiger partial charge < -0.3 is 48.3 Å². The number of carbonyl (C=O) groups excluding carboxylic acids is 2. The SMILES string of the molecule is COc1ccc(C2(OC(=O)NC(Cc3ccccc3)C(=O)O)OC(=O)C(c3ccc4c(c3)OCO4)=C2Cc2cc(OC)c(OC)c(OC)c2)cc1. The molecule has 0 aliphatic carbocycles. The molecule has 2 heterocycles. The third-order valence-corrected chi connectivity index (χ3v) is 8.49. The van der Waals surface area contributed by atoms with E-state index >= 15 is 0 Å². The van der Waals surface area contributed by atoms with E-state index in [0.29, 0.717) is 51.2 Å². The van der Waals surface area contributed by atoms with Gasteiger partial charge in [0.05, 0.1) is 34.0 Å². The Bertz CT molecular complexity index is 1950. The fourth-order valence-electron chi connectivity index (χ4n) is 6.06. The molecule has 2 aliphatic heterocycles. The lowest BCUT2D eigenvalue weighted by atomic mass is 9.87. The van der Waals surface area contributed by atoms with Gasteiger partial charge in [-0.3, -0.25) is 0 Å². The molecule has 1 amide bonds. The zero-order chi connectivity index (χ0) is 36.1. The Morgan fingerprint density at radius 2 is 1.51 bits per heavy atom. The van der Waals surface area contributed by atoms with Crippen LogP contribution in [0.4, 0.5) is 4.79 Å². The fraction of sp³-hybridized carbons (Fsp3) is 0.237. The minimum absolute atomic E-state index is 0.00731. The predicted molar refractivity (Wildman–Crippen MR) is 181 cm³/mol. The van der Waals surface area contributed by atoms with E-state index in [1.165, 1.54) is 28.4 Å². The second-order valence-corrected chi connectivity index (χ2v) is 11.5. The van der Waals surface area contributed by atoms with Gasteiger partial charge in [0, 0.05) is 24.0 Å². The second-order valence-electron chi connectivity index (χ2n) is 11.5. The van der Waals surface area contributed by atoms with E-state index in [0.717, 1.165) is 0 Å². The van der Waals surface area contributed by atoms with E-state index < -0.39 is 29.9 Å². The van der Waals surface area contributed by atoms with Crippen molar-refractivity contribution < 1.29 is 57.4 Å². The van der Waals surface area contributed by atoms with Crippen molar-refractivity contribution >= 4 is 23.6 Å². The second kappa shape index (κ2) is 14.6. The molecule has 4 aromatic carbocycles. The number of esters is 1. The first-order valence-corrected chi connectivity index (χ1v) is 15.8. The largest absolute Gasteiger partial charge is 0.497 e. The number of hydrogen-bond acceptors (Lipinski definition) is 11. The number of rotatable bonds is 13. The van der Waals surface area contributed by atoms with Crippen LogP contribution in [0.15, 0.2) is 90.5 Å². The molecule has 13 nitrogen and oxygen atoms in total. The minimum Gasteiger partial charge on any atom is -0.497 e. The molecule has 0 aromatic heterocycles. The molecule has 51 heavy (non-hydrogen) atoms. The Kier molecular flexibility index (Phi) is 9.89. The summed E-state index contributed by atoms with van der Waals surface area (Å²) in [5, 5.41) is 12.5. The summed E-state index contributed by atoms with van der Waals surface area (Å²) in [6.07, 6.45) is -1.22. The van der Waals surface area contributed by atoms with Crippen LogP contribution in [0, 0.1) is 0 Å². The number of benzene rings is 4. The molecule has 13 heteroatoms. The highest BCUT2D eigenvalue weighted by Gasteiger charge is 2.53. The standard InChI is InChI=1S/C38H35NO12/c1-44-26-13-11-25(12-14-26)38(51-37(43)39-28(35(40)41)17-22-8-6-5-7-9-22)27(16-23-18-31(45-2)34(47-4)32(19-23)46-3)33(36(42)50-38)24-10-15-29-30(20-24)49-21-48-29/h5-15,18-20,28H,16-17,21H2,1-4H3,(H,39,43)(H,40,41). The van der Waals surface area contributed by atoms with E-state index in [1.807, 2.05) is 0 Å². The van der Waals surface area contributed by atoms with Gasteiger partial charge in [-0.05, 0) is 65.2 Å². The number of fused-ring (bicyclic) bond motifs is 1. The number of aliphatic carboxylic acids is 1. The molecule has 6 rings (SSSR count). The first kappa shape index (κ1) is 34.5. The van der Waals surface area contributed by atoms with Crippen LogP contribution in [-0.4, -0.2) is 64.4 Å². The van der Waals surface area contributed by atoms with Crippen LogP contribution in [0.3, 0.4) is 0 Å². The highest BCUT2D eigenvalue weighted by Crippen LogP contribution is 2.50. The molecular formula is C38H35NO12. The van der Waals surface area contributed by atoms with Crippen LogP contribution < -0.4 is 33.7 Å². The zero-order valence-corrected chi connectivity index (χ0v) is 28.2. The van der Waals surface area contributed by atoms with E-state index in [2.05, 4.69) is 5.32 Å². The third-order valence-electron chi connectivity index (χ3n) is 8.49. The Balaban J connectivity index is 1.51. The summed E-state index contributed by atoms with van der Waals surface area (Å²) in [6.45, 7) is 0.00731. The van der Waals surface area contributed by atoms with Crippen molar-refractivity contribution in [3.05, 3.63) is 113 Å². The van der Waals surface area contributed by atoms with Crippen molar-refractivity contribution in [1.29, 1.82) is 0 Å². The maximum atomic E-state index is 14.1. The van der Waals surface area contributed by atoms with E-state index in [4.69, 9.17) is 37.9 Å². The van der Waals surface area contributed by atoms with Crippen LogP contribution in [0.2, 0.25) is 0 Å². The molecule has 0 saturated heterocycles. The number of hydrogen-bond donors (Lipinski definition) is 2. The first-order valence-electron chi connectivity index (χ1n) is 15.8. The van der Waals surface area contributed by atoms with Gasteiger partial charge in [-0.1, -0.05) is 36.4 Å². The zero-order valence-electron chi connectivity index (χ0n) is 28.2. The van der Waals surface area contributed by atoms with Crippen molar-refractivity contribution in [2.45, 2.75) is 24.7 Å². The van der Waals surface area contributed by atoms with Gasteiger partial charge in [-0.15, -0.1) is 0 Å². The van der Waals surface area contributed by atoms with Crippen molar-refractivity contribution in [2.24, 2.45) is 0 Å². The van der Waals surface area contributed by atoms with Gasteiger partial charge in [0.25, 0.3) is 0 Å². The highest BCUT2D eigenvalue weighted by molar-refractivity contribution is 6.20. The molecular weight excluding hydrogens is 662 g/mol. The smallest absolute Gasteiger partial charge is 0.411 e. The van der Waals surface area contributed by atoms with Gasteiger partial charge in [0.15, 0.2) is 23.0 Å².